The molecule has 3 aliphatic rings. The predicted octanol–water partition coefficient (Wildman–Crippen LogP) is 8.46. The lowest BCUT2D eigenvalue weighted by Gasteiger charge is -2.39. The number of carbonyl (C=O) groups excluding carboxylic acids is 1. The highest BCUT2D eigenvalue weighted by Crippen LogP contribution is 2.41. The molecule has 11 nitrogen and oxygen atoms in total. The van der Waals surface area contributed by atoms with E-state index in [0.717, 1.165) is 61.6 Å². The van der Waals surface area contributed by atoms with E-state index in [-0.39, 0.29) is 17.4 Å². The van der Waals surface area contributed by atoms with Crippen molar-refractivity contribution < 1.29 is 48.3 Å². The largest absolute Gasteiger partial charge is 0.501 e. The molecule has 0 spiro atoms. The van der Waals surface area contributed by atoms with Gasteiger partial charge in [-0.3, -0.25) is 14.6 Å². The van der Waals surface area contributed by atoms with Gasteiger partial charge in [-0.25, -0.2) is 30.3 Å². The van der Waals surface area contributed by atoms with Crippen molar-refractivity contribution in [1.29, 1.82) is 0 Å². The molecule has 1 amide bonds. The maximum Gasteiger partial charge on any atom is 0.501 e. The summed E-state index contributed by atoms with van der Waals surface area (Å²) in [7, 11) is -10.9. The average molecular weight is 956 g/mol. The fourth-order valence-corrected chi connectivity index (χ4v) is 11.3. The van der Waals surface area contributed by atoms with Crippen LogP contribution in [0.1, 0.15) is 69.2 Å². The first-order chi connectivity index (χ1) is 30.3. The van der Waals surface area contributed by atoms with E-state index in [1.807, 2.05) is 35.1 Å². The number of nitrogens with zero attached hydrogens (tertiary/aromatic N) is 3. The Morgan fingerprint density at radius 3 is 2.20 bits per heavy atom. The van der Waals surface area contributed by atoms with Gasteiger partial charge in [-0.05, 0) is 98.5 Å². The number of morpholine rings is 1. The van der Waals surface area contributed by atoms with Gasteiger partial charge in [0.1, 0.15) is 4.90 Å². The third-order valence-electron chi connectivity index (χ3n) is 12.0. The first kappa shape index (κ1) is 49.7. The minimum atomic E-state index is -6.06. The molecule has 2 fully saturated rings. The molecule has 2 heterocycles. The van der Waals surface area contributed by atoms with Crippen LogP contribution in [-0.4, -0.2) is 122 Å². The second-order valence-electron chi connectivity index (χ2n) is 17.4. The molecule has 19 heteroatoms. The smallest absolute Gasteiger partial charge is 0.380 e. The first-order valence-electron chi connectivity index (χ1n) is 21.6. The van der Waals surface area contributed by atoms with Gasteiger partial charge in [0.15, 0.2) is 0 Å². The summed E-state index contributed by atoms with van der Waals surface area (Å²) in [6.07, 6.45) is 2.15. The van der Waals surface area contributed by atoms with Crippen molar-refractivity contribution in [3.8, 4) is 0 Å². The minimum Gasteiger partial charge on any atom is -0.380 e. The molecule has 3 aromatic carbocycles. The van der Waals surface area contributed by atoms with Crippen molar-refractivity contribution in [3.63, 3.8) is 0 Å². The van der Waals surface area contributed by atoms with Crippen LogP contribution in [0.5, 0.6) is 0 Å². The summed E-state index contributed by atoms with van der Waals surface area (Å²) in [4.78, 5) is 18.7. The Labute approximate surface area is 378 Å². The van der Waals surface area contributed by atoms with E-state index >= 15 is 0 Å². The molecule has 1 unspecified atom stereocenters. The molecule has 2 saturated heterocycles. The summed E-state index contributed by atoms with van der Waals surface area (Å²) in [6, 6.07) is 17.5. The molecular weight excluding hydrogens is 898 g/mol. The zero-order chi connectivity index (χ0) is 46.1. The topological polar surface area (TPSA) is 128 Å². The molecule has 2 aliphatic heterocycles. The summed E-state index contributed by atoms with van der Waals surface area (Å²) in [6.45, 7) is 11.1. The first-order valence-corrected chi connectivity index (χ1v) is 25.6. The average Bonchev–Trinajstić information content (AvgIpc) is 3.25. The van der Waals surface area contributed by atoms with Crippen LogP contribution in [0.3, 0.4) is 0 Å². The van der Waals surface area contributed by atoms with E-state index in [0.29, 0.717) is 77.0 Å². The highest BCUT2D eigenvalue weighted by molar-refractivity contribution is 7.99. The molecule has 1 aliphatic carbocycles. The molecule has 352 valence electrons. The lowest BCUT2D eigenvalue weighted by molar-refractivity contribution is -0.0435. The van der Waals surface area contributed by atoms with E-state index in [2.05, 4.69) is 33.9 Å². The number of anilines is 2. The van der Waals surface area contributed by atoms with E-state index < -0.39 is 59.2 Å². The van der Waals surface area contributed by atoms with Gasteiger partial charge in [-0.1, -0.05) is 43.2 Å². The Morgan fingerprint density at radius 1 is 0.859 bits per heavy atom. The highest BCUT2D eigenvalue weighted by Gasteiger charge is 2.48. The van der Waals surface area contributed by atoms with Gasteiger partial charge in [-0.15, -0.1) is 11.8 Å². The Hall–Kier alpha value is -3.75. The Morgan fingerprint density at radius 2 is 1.55 bits per heavy atom. The summed E-state index contributed by atoms with van der Waals surface area (Å²) in [5.41, 5.74) is -2.57. The number of piperazine rings is 1. The molecule has 0 radical (unpaired) electrons. The molecule has 6 rings (SSSR count). The Kier molecular flexibility index (Phi) is 16.8. The van der Waals surface area contributed by atoms with Crippen molar-refractivity contribution >= 4 is 48.9 Å². The number of amides is 1. The number of rotatable bonds is 19. The number of carbonyl (C=O) groups is 1. The summed E-state index contributed by atoms with van der Waals surface area (Å²) < 4.78 is 129. The standard InChI is InChI=1S/C45H58F5N5O6S3/c1-44(2)19-17-35(34(30-44)7-6-10-42(46)47)31-54-21-23-55(24-22-54)37-13-11-33(12-14-37)43(56)52-64(59,60)39-15-16-40(41(29-39)63(57,58)45(48,49)50)51-36(18-20-53-25-27-61-28-26-53)32-62-38-8-4-3-5-9-38/h3-5,8-9,11-16,29,36,42,51H,6-7,10,17-28,30-32H2,1-2H3,(H,52,56). The SMILES string of the molecule is CC1(C)CCC(CN2CCN(c3ccc(C(=O)NS(=O)(=O)c4ccc(NC(CCN5CCOCC5)CSc5ccccc5)c(S(=O)(=O)C(F)(F)F)c4)cc3)CC2)=C(CCCC(F)F)C1. The number of halogens is 5. The van der Waals surface area contributed by atoms with Crippen molar-refractivity contribution in [2.75, 3.05) is 81.5 Å². The second kappa shape index (κ2) is 21.7. The highest BCUT2D eigenvalue weighted by atomic mass is 32.2. The normalized spacial score (nSPS) is 18.6. The van der Waals surface area contributed by atoms with Crippen LogP contribution in [0.15, 0.2) is 98.6 Å². The molecule has 2 N–H and O–H groups in total. The van der Waals surface area contributed by atoms with Crippen LogP contribution in [0, 0.1) is 5.41 Å². The van der Waals surface area contributed by atoms with Gasteiger partial charge in [0.2, 0.25) is 6.43 Å². The third-order valence-corrected chi connectivity index (χ3v) is 16.0. The monoisotopic (exact) mass is 955 g/mol. The maximum absolute atomic E-state index is 14.1. The number of thioether (sulfide) groups is 1. The van der Waals surface area contributed by atoms with Gasteiger partial charge < -0.3 is 15.0 Å². The quantitative estimate of drug-likeness (QED) is 0.0683. The lowest BCUT2D eigenvalue weighted by atomic mass is 9.73. The molecule has 64 heavy (non-hydrogen) atoms. The number of sulfone groups is 1. The predicted molar refractivity (Wildman–Crippen MR) is 240 cm³/mol. The van der Waals surface area contributed by atoms with Crippen LogP contribution in [0.25, 0.3) is 0 Å². The fourth-order valence-electron chi connectivity index (χ4n) is 8.31. The van der Waals surface area contributed by atoms with E-state index in [9.17, 15) is 43.6 Å². The Balaban J connectivity index is 1.11. The molecule has 0 aromatic heterocycles. The van der Waals surface area contributed by atoms with Crippen molar-refractivity contribution in [1.82, 2.24) is 14.5 Å². The lowest BCUT2D eigenvalue weighted by Crippen LogP contribution is -2.47. The zero-order valence-corrected chi connectivity index (χ0v) is 38.7. The van der Waals surface area contributed by atoms with Crippen molar-refractivity contribution in [2.24, 2.45) is 5.41 Å². The van der Waals surface area contributed by atoms with Crippen LogP contribution in [0.4, 0.5) is 33.3 Å². The Bertz CT molecular complexity index is 2280. The number of allylic oxidation sites excluding steroid dienone is 1. The van der Waals surface area contributed by atoms with Crippen LogP contribution >= 0.6 is 11.8 Å². The van der Waals surface area contributed by atoms with Gasteiger partial charge in [0.25, 0.3) is 25.8 Å². The number of hydrogen-bond donors (Lipinski definition) is 2. The van der Waals surface area contributed by atoms with E-state index in [1.165, 1.54) is 35.0 Å². The number of nitrogens with one attached hydrogen (secondary N) is 2. The van der Waals surface area contributed by atoms with Gasteiger partial charge in [0, 0.05) is 86.7 Å². The summed E-state index contributed by atoms with van der Waals surface area (Å²) in [5.74, 6) is -0.689. The molecule has 3 aromatic rings. The number of benzene rings is 3. The van der Waals surface area contributed by atoms with Crippen LogP contribution in [-0.2, 0) is 24.6 Å². The van der Waals surface area contributed by atoms with Gasteiger partial charge >= 0.3 is 5.51 Å². The van der Waals surface area contributed by atoms with Crippen molar-refractivity contribution in [3.05, 3.63) is 89.5 Å². The van der Waals surface area contributed by atoms with E-state index in [4.69, 9.17) is 4.74 Å². The number of alkyl halides is 5. The fraction of sp³-hybridized carbons (Fsp3) is 0.533. The zero-order valence-electron chi connectivity index (χ0n) is 36.2. The number of hydrogen-bond acceptors (Lipinski definition) is 11. The molecule has 0 saturated carbocycles. The number of sulfonamides is 1. The summed E-state index contributed by atoms with van der Waals surface area (Å²) in [5, 5.41) is 2.98. The second-order valence-corrected chi connectivity index (χ2v) is 22.1. The molecular formula is C45H58F5N5O6S3. The minimum absolute atomic E-state index is 0.0297. The van der Waals surface area contributed by atoms with Crippen LogP contribution in [0.2, 0.25) is 0 Å². The van der Waals surface area contributed by atoms with E-state index in [1.54, 1.807) is 12.1 Å². The number of ether oxygens (including phenoxy) is 1. The van der Waals surface area contributed by atoms with Crippen LogP contribution < -0.4 is 14.9 Å². The maximum atomic E-state index is 14.1. The van der Waals surface area contributed by atoms with Crippen molar-refractivity contribution in [2.45, 2.75) is 91.5 Å². The van der Waals surface area contributed by atoms with Gasteiger partial charge in [0.05, 0.1) is 23.8 Å². The summed E-state index contributed by atoms with van der Waals surface area (Å²) >= 11 is 1.44. The third kappa shape index (κ3) is 13.7. The van der Waals surface area contributed by atoms with Gasteiger partial charge in [-0.2, -0.15) is 13.2 Å². The molecule has 1 atom stereocenters. The molecule has 0 bridgehead atoms.